The largest absolute Gasteiger partial charge is 0.412 e. The summed E-state index contributed by atoms with van der Waals surface area (Å²) in [5, 5.41) is 0. The van der Waals surface area contributed by atoms with Crippen LogP contribution < -0.4 is 0 Å². The van der Waals surface area contributed by atoms with Gasteiger partial charge in [-0.15, -0.1) is 48.3 Å². The maximum Gasteiger partial charge on any atom is 0.101 e. The van der Waals surface area contributed by atoms with E-state index in [0.717, 1.165) is 11.8 Å². The quantitative estimate of drug-likeness (QED) is 0.521. The van der Waals surface area contributed by atoms with Crippen LogP contribution >= 0.6 is 48.3 Å². The van der Waals surface area contributed by atoms with E-state index < -0.39 is 0 Å². The maximum atomic E-state index is 6.14. The minimum absolute atomic E-state index is 0. The summed E-state index contributed by atoms with van der Waals surface area (Å²) >= 11 is 3.99. The first-order chi connectivity index (χ1) is 12.6. The number of hydrogen-bond donors (Lipinski definition) is 0. The lowest BCUT2D eigenvalue weighted by Crippen LogP contribution is -2.60. The molecule has 8 aliphatic heterocycles. The van der Waals surface area contributed by atoms with Gasteiger partial charge < -0.3 is 24.7 Å². The summed E-state index contributed by atoms with van der Waals surface area (Å²) in [4.78, 5) is 5.16. The van der Waals surface area contributed by atoms with Crippen LogP contribution in [0, 0.1) is 11.8 Å². The van der Waals surface area contributed by atoms with Crippen LogP contribution in [0.3, 0.4) is 0 Å². The zero-order valence-electron chi connectivity index (χ0n) is 17.6. The van der Waals surface area contributed by atoms with E-state index >= 15 is 0 Å². The summed E-state index contributed by atoms with van der Waals surface area (Å²) in [6.07, 6.45) is 5.47. The summed E-state index contributed by atoms with van der Waals surface area (Å²) in [7, 11) is 0. The Hall–Kier alpha value is 1.08. The lowest BCUT2D eigenvalue weighted by atomic mass is 9.76. The molecule has 8 fully saturated rings. The molecule has 5 nitrogen and oxygen atoms in total. The SMILES string of the molecule is CC1OC2(CS1)CN1CCC2CC1.CC1OC2(CS1)CN1CCC2CC1.Cl.Cl.O. The molecule has 0 aromatic rings. The molecule has 4 atom stereocenters. The number of rotatable bonds is 0. The Morgan fingerprint density at radius 2 is 1.03 bits per heavy atom. The van der Waals surface area contributed by atoms with Crippen LogP contribution in [0.15, 0.2) is 0 Å². The van der Waals surface area contributed by atoms with E-state index in [2.05, 4.69) is 23.6 Å². The Labute approximate surface area is 196 Å². The first-order valence-electron chi connectivity index (χ1n) is 10.6. The molecular formula is C20H38Cl2N2O3S2. The van der Waals surface area contributed by atoms with Crippen molar-refractivity contribution in [1.82, 2.24) is 9.80 Å². The van der Waals surface area contributed by atoms with Gasteiger partial charge >= 0.3 is 0 Å². The van der Waals surface area contributed by atoms with Gasteiger partial charge in [0.1, 0.15) is 10.9 Å². The van der Waals surface area contributed by atoms with Gasteiger partial charge in [-0.2, -0.15) is 0 Å². The van der Waals surface area contributed by atoms with Crippen molar-refractivity contribution < 1.29 is 14.9 Å². The minimum atomic E-state index is 0. The summed E-state index contributed by atoms with van der Waals surface area (Å²) in [5.41, 5.74) is 1.36. The van der Waals surface area contributed by atoms with Gasteiger partial charge in [-0.25, -0.2) is 0 Å². The highest BCUT2D eigenvalue weighted by atomic mass is 35.5. The summed E-state index contributed by atoms with van der Waals surface area (Å²) in [6.45, 7) is 12.0. The van der Waals surface area contributed by atoms with Gasteiger partial charge in [0, 0.05) is 24.6 Å². The Morgan fingerprint density at radius 1 is 0.690 bits per heavy atom. The fourth-order valence-electron chi connectivity index (χ4n) is 6.16. The fourth-order valence-corrected chi connectivity index (χ4v) is 8.50. The molecule has 0 radical (unpaired) electrons. The first-order valence-corrected chi connectivity index (χ1v) is 12.7. The molecular weight excluding hydrogens is 451 g/mol. The van der Waals surface area contributed by atoms with Gasteiger partial charge in [0.15, 0.2) is 0 Å². The first kappa shape index (κ1) is 26.3. The zero-order valence-corrected chi connectivity index (χ0v) is 20.9. The van der Waals surface area contributed by atoms with E-state index in [1.54, 1.807) is 0 Å². The van der Waals surface area contributed by atoms with Crippen molar-refractivity contribution in [3.8, 4) is 0 Å². The van der Waals surface area contributed by atoms with Gasteiger partial charge in [-0.1, -0.05) is 0 Å². The number of nitrogens with zero attached hydrogens (tertiary/aromatic N) is 2. The fraction of sp³-hybridized carbons (Fsp3) is 1.00. The predicted molar refractivity (Wildman–Crippen MR) is 128 cm³/mol. The number of piperidine rings is 6. The number of thioether (sulfide) groups is 2. The average molecular weight is 490 g/mol. The summed E-state index contributed by atoms with van der Waals surface area (Å²) < 4.78 is 12.3. The van der Waals surface area contributed by atoms with Crippen LogP contribution in [0.1, 0.15) is 39.5 Å². The van der Waals surface area contributed by atoms with E-state index in [1.807, 2.05) is 23.5 Å². The average Bonchev–Trinajstić information content (AvgIpc) is 3.20. The standard InChI is InChI=1S/2C10H17NOS.2ClH.H2O/c2*1-8-12-10(7-13-8)6-11-4-2-9(10)3-5-11;;;/h2*8-9H,2-7H2,1H3;2*1H;1H2. The lowest BCUT2D eigenvalue weighted by Gasteiger charge is -2.50. The van der Waals surface area contributed by atoms with Gasteiger partial charge in [-0.05, 0) is 77.5 Å². The van der Waals surface area contributed by atoms with Crippen LogP contribution in [0.2, 0.25) is 0 Å². The van der Waals surface area contributed by atoms with Gasteiger partial charge in [0.2, 0.25) is 0 Å². The number of ether oxygens (including phenoxy) is 2. The lowest BCUT2D eigenvalue weighted by molar-refractivity contribution is -0.133. The molecule has 0 aromatic heterocycles. The van der Waals surface area contributed by atoms with Crippen molar-refractivity contribution in [2.45, 2.75) is 61.6 Å². The van der Waals surface area contributed by atoms with E-state index in [1.165, 1.54) is 76.5 Å². The van der Waals surface area contributed by atoms with Crippen LogP contribution in [-0.2, 0) is 9.47 Å². The smallest absolute Gasteiger partial charge is 0.101 e. The number of fused-ring (bicyclic) bond motifs is 4. The van der Waals surface area contributed by atoms with Crippen molar-refractivity contribution in [2.75, 3.05) is 50.8 Å². The molecule has 0 amide bonds. The molecule has 0 aromatic carbocycles. The Morgan fingerprint density at radius 3 is 1.24 bits per heavy atom. The molecule has 172 valence electrons. The monoisotopic (exact) mass is 488 g/mol. The number of hydrogen-bond acceptors (Lipinski definition) is 6. The minimum Gasteiger partial charge on any atom is -0.412 e. The van der Waals surface area contributed by atoms with Crippen LogP contribution in [0.25, 0.3) is 0 Å². The van der Waals surface area contributed by atoms with Crippen molar-refractivity contribution in [3.05, 3.63) is 0 Å². The van der Waals surface area contributed by atoms with E-state index in [-0.39, 0.29) is 41.5 Å². The van der Waals surface area contributed by atoms with Crippen LogP contribution in [-0.4, -0.2) is 88.1 Å². The molecule has 8 rings (SSSR count). The van der Waals surface area contributed by atoms with Crippen molar-refractivity contribution in [1.29, 1.82) is 0 Å². The molecule has 8 saturated heterocycles. The highest BCUT2D eigenvalue weighted by Gasteiger charge is 2.52. The van der Waals surface area contributed by atoms with E-state index in [9.17, 15) is 0 Å². The Bertz CT molecular complexity index is 490. The number of halogens is 2. The van der Waals surface area contributed by atoms with E-state index in [0.29, 0.717) is 10.9 Å². The second kappa shape index (κ2) is 10.3. The van der Waals surface area contributed by atoms with Crippen LogP contribution in [0.4, 0.5) is 0 Å². The second-order valence-electron chi connectivity index (χ2n) is 9.22. The highest BCUT2D eigenvalue weighted by molar-refractivity contribution is 8.00. The Balaban J connectivity index is 0.000000187. The molecule has 9 heteroatoms. The van der Waals surface area contributed by atoms with Gasteiger partial charge in [0.25, 0.3) is 0 Å². The third kappa shape index (κ3) is 5.03. The zero-order chi connectivity index (χ0) is 17.8. The van der Waals surface area contributed by atoms with Crippen LogP contribution in [0.5, 0.6) is 0 Å². The third-order valence-corrected chi connectivity index (χ3v) is 10.0. The Kier molecular flexibility index (Phi) is 9.39. The van der Waals surface area contributed by atoms with Crippen molar-refractivity contribution >= 4 is 48.3 Å². The maximum absolute atomic E-state index is 6.14. The van der Waals surface area contributed by atoms with Crippen molar-refractivity contribution in [3.63, 3.8) is 0 Å². The molecule has 8 aliphatic rings. The molecule has 29 heavy (non-hydrogen) atoms. The van der Waals surface area contributed by atoms with Gasteiger partial charge in [0.05, 0.1) is 11.2 Å². The second-order valence-corrected chi connectivity index (χ2v) is 11.8. The molecule has 2 spiro atoms. The molecule has 0 saturated carbocycles. The van der Waals surface area contributed by atoms with Crippen molar-refractivity contribution in [2.24, 2.45) is 11.8 Å². The van der Waals surface area contributed by atoms with E-state index in [4.69, 9.17) is 9.47 Å². The van der Waals surface area contributed by atoms with Gasteiger partial charge in [-0.3, -0.25) is 0 Å². The summed E-state index contributed by atoms with van der Waals surface area (Å²) in [6, 6.07) is 0. The summed E-state index contributed by atoms with van der Waals surface area (Å²) in [5.74, 6) is 4.18. The molecule has 4 unspecified atom stereocenters. The molecule has 0 aliphatic carbocycles. The molecule has 2 N–H and O–H groups in total. The third-order valence-electron chi connectivity index (χ3n) is 7.57. The predicted octanol–water partition coefficient (Wildman–Crippen LogP) is 3.14. The normalized spacial score (nSPS) is 49.0. The molecule has 8 heterocycles. The topological polar surface area (TPSA) is 56.4 Å². The molecule has 4 bridgehead atoms. The highest BCUT2D eigenvalue weighted by Crippen LogP contribution is 2.47.